The maximum absolute atomic E-state index is 5.89. The van der Waals surface area contributed by atoms with Crippen LogP contribution >= 0.6 is 0 Å². The van der Waals surface area contributed by atoms with Crippen LogP contribution in [0, 0.1) is 13.8 Å². The van der Waals surface area contributed by atoms with Crippen LogP contribution in [0.15, 0.2) is 22.6 Å². The maximum atomic E-state index is 5.89. The van der Waals surface area contributed by atoms with Crippen LogP contribution in [-0.4, -0.2) is 10.6 Å². The molecule has 2 aromatic rings. The number of nitrogens with zero attached hydrogens (tertiary/aromatic N) is 1. The molecule has 0 aliphatic carbocycles. The minimum atomic E-state index is -0.0818. The monoisotopic (exact) mass is 286 g/mol. The first-order valence-corrected chi connectivity index (χ1v) is 7.37. The van der Waals surface area contributed by atoms with E-state index in [4.69, 9.17) is 9.15 Å². The molecule has 1 aliphatic heterocycles. The Morgan fingerprint density at radius 2 is 2.05 bits per heavy atom. The highest BCUT2D eigenvalue weighted by Gasteiger charge is 2.29. The Morgan fingerprint density at radius 1 is 1.24 bits per heavy atom. The summed E-state index contributed by atoms with van der Waals surface area (Å²) >= 11 is 0. The van der Waals surface area contributed by atoms with Crippen LogP contribution in [0.2, 0.25) is 0 Å². The predicted molar refractivity (Wildman–Crippen MR) is 81.4 cm³/mol. The topological polar surface area (TPSA) is 47.3 Å². The van der Waals surface area contributed by atoms with Gasteiger partial charge < -0.3 is 14.5 Å². The van der Waals surface area contributed by atoms with E-state index in [1.54, 1.807) is 0 Å². The van der Waals surface area contributed by atoms with E-state index in [1.165, 1.54) is 11.1 Å². The highest BCUT2D eigenvalue weighted by atomic mass is 16.5. The standard InChI is InChI=1S/C17H22N2O2/c1-11-12(2)20-16(19-11)10-18-9-13-5-6-15-14(7-13)8-17(3,4)21-15/h5-7,18H,8-10H2,1-4H3. The lowest BCUT2D eigenvalue weighted by atomic mass is 10.0. The van der Waals surface area contributed by atoms with E-state index in [2.05, 4.69) is 42.3 Å². The zero-order valence-corrected chi connectivity index (χ0v) is 13.1. The largest absolute Gasteiger partial charge is 0.487 e. The second-order valence-corrected chi connectivity index (χ2v) is 6.33. The summed E-state index contributed by atoms with van der Waals surface area (Å²) in [4.78, 5) is 4.37. The molecule has 2 heterocycles. The fourth-order valence-corrected chi connectivity index (χ4v) is 2.70. The fourth-order valence-electron chi connectivity index (χ4n) is 2.70. The molecular formula is C17H22N2O2. The first-order valence-electron chi connectivity index (χ1n) is 7.37. The van der Waals surface area contributed by atoms with Gasteiger partial charge in [-0.3, -0.25) is 0 Å². The van der Waals surface area contributed by atoms with Crippen LogP contribution in [-0.2, 0) is 19.5 Å². The summed E-state index contributed by atoms with van der Waals surface area (Å²) in [7, 11) is 0. The zero-order valence-electron chi connectivity index (χ0n) is 13.1. The van der Waals surface area contributed by atoms with Gasteiger partial charge in [0.1, 0.15) is 17.1 Å². The van der Waals surface area contributed by atoms with Gasteiger partial charge in [0.2, 0.25) is 5.89 Å². The zero-order chi connectivity index (χ0) is 15.0. The van der Waals surface area contributed by atoms with E-state index in [1.807, 2.05) is 13.8 Å². The molecule has 1 aromatic carbocycles. The van der Waals surface area contributed by atoms with Crippen LogP contribution in [0.4, 0.5) is 0 Å². The van der Waals surface area contributed by atoms with Crippen molar-refractivity contribution < 1.29 is 9.15 Å². The van der Waals surface area contributed by atoms with Crippen molar-refractivity contribution in [1.29, 1.82) is 0 Å². The molecule has 1 aliphatic rings. The molecule has 0 spiro atoms. The molecule has 0 saturated heterocycles. The Balaban J connectivity index is 1.59. The predicted octanol–water partition coefficient (Wildman–Crippen LogP) is 3.29. The molecule has 21 heavy (non-hydrogen) atoms. The summed E-state index contributed by atoms with van der Waals surface area (Å²) in [5.74, 6) is 2.65. The Bertz CT molecular complexity index is 639. The molecule has 0 atom stereocenters. The van der Waals surface area contributed by atoms with Gasteiger partial charge in [0.05, 0.1) is 12.2 Å². The molecule has 4 nitrogen and oxygen atoms in total. The Labute approximate surface area is 125 Å². The van der Waals surface area contributed by atoms with E-state index in [0.717, 1.165) is 36.1 Å². The number of ether oxygens (including phenoxy) is 1. The second kappa shape index (κ2) is 5.19. The molecule has 0 radical (unpaired) electrons. The average molecular weight is 286 g/mol. The molecule has 0 fully saturated rings. The Hall–Kier alpha value is -1.81. The summed E-state index contributed by atoms with van der Waals surface area (Å²) in [5, 5.41) is 3.37. The first-order chi connectivity index (χ1) is 9.93. The van der Waals surface area contributed by atoms with Gasteiger partial charge in [-0.15, -0.1) is 0 Å². The molecule has 3 rings (SSSR count). The summed E-state index contributed by atoms with van der Waals surface area (Å²) < 4.78 is 11.5. The van der Waals surface area contributed by atoms with Crippen molar-refractivity contribution in [2.45, 2.75) is 52.8 Å². The number of nitrogens with one attached hydrogen (secondary N) is 1. The van der Waals surface area contributed by atoms with Crippen LogP contribution in [0.5, 0.6) is 5.75 Å². The average Bonchev–Trinajstić information content (AvgIpc) is 2.87. The van der Waals surface area contributed by atoms with Gasteiger partial charge in [0, 0.05) is 13.0 Å². The number of oxazole rings is 1. The Kier molecular flexibility index (Phi) is 3.49. The molecule has 1 N–H and O–H groups in total. The third kappa shape index (κ3) is 3.10. The van der Waals surface area contributed by atoms with Gasteiger partial charge in [-0.2, -0.15) is 0 Å². The van der Waals surface area contributed by atoms with Gasteiger partial charge in [-0.05, 0) is 44.9 Å². The van der Waals surface area contributed by atoms with Gasteiger partial charge >= 0.3 is 0 Å². The molecule has 112 valence electrons. The molecule has 4 heteroatoms. The van der Waals surface area contributed by atoms with E-state index >= 15 is 0 Å². The van der Waals surface area contributed by atoms with Crippen LogP contribution in [0.25, 0.3) is 0 Å². The highest BCUT2D eigenvalue weighted by molar-refractivity contribution is 5.41. The van der Waals surface area contributed by atoms with Crippen LogP contribution < -0.4 is 10.1 Å². The van der Waals surface area contributed by atoms with Crippen molar-refractivity contribution in [3.8, 4) is 5.75 Å². The number of hydrogen-bond donors (Lipinski definition) is 1. The molecule has 0 amide bonds. The smallest absolute Gasteiger partial charge is 0.208 e. The van der Waals surface area contributed by atoms with Crippen LogP contribution in [0.3, 0.4) is 0 Å². The first kappa shape index (κ1) is 14.1. The van der Waals surface area contributed by atoms with Crippen molar-refractivity contribution in [2.75, 3.05) is 0 Å². The summed E-state index contributed by atoms with van der Waals surface area (Å²) in [6.07, 6.45) is 0.967. The summed E-state index contributed by atoms with van der Waals surface area (Å²) in [6.45, 7) is 9.59. The van der Waals surface area contributed by atoms with Crippen molar-refractivity contribution >= 4 is 0 Å². The minimum absolute atomic E-state index is 0.0818. The number of benzene rings is 1. The van der Waals surface area contributed by atoms with E-state index in [-0.39, 0.29) is 5.60 Å². The molecule has 0 bridgehead atoms. The van der Waals surface area contributed by atoms with E-state index in [0.29, 0.717) is 6.54 Å². The van der Waals surface area contributed by atoms with Crippen molar-refractivity contribution in [3.63, 3.8) is 0 Å². The molecular weight excluding hydrogens is 264 g/mol. The quantitative estimate of drug-likeness (QED) is 0.937. The number of rotatable bonds is 4. The molecule has 0 unspecified atom stereocenters. The van der Waals surface area contributed by atoms with Crippen molar-refractivity contribution in [1.82, 2.24) is 10.3 Å². The van der Waals surface area contributed by atoms with Crippen molar-refractivity contribution in [2.24, 2.45) is 0 Å². The fraction of sp³-hybridized carbons (Fsp3) is 0.471. The third-order valence-electron chi connectivity index (χ3n) is 3.81. The molecule has 1 aromatic heterocycles. The Morgan fingerprint density at radius 3 is 2.76 bits per heavy atom. The third-order valence-corrected chi connectivity index (χ3v) is 3.81. The number of aryl methyl sites for hydroxylation is 2. The summed E-state index contributed by atoms with van der Waals surface area (Å²) in [6, 6.07) is 6.41. The number of aromatic nitrogens is 1. The van der Waals surface area contributed by atoms with E-state index < -0.39 is 0 Å². The van der Waals surface area contributed by atoms with Gasteiger partial charge in [-0.25, -0.2) is 4.98 Å². The van der Waals surface area contributed by atoms with Crippen LogP contribution in [0.1, 0.15) is 42.3 Å². The SMILES string of the molecule is Cc1nc(CNCc2ccc3c(c2)CC(C)(C)O3)oc1C. The second-order valence-electron chi connectivity index (χ2n) is 6.33. The minimum Gasteiger partial charge on any atom is -0.487 e. The lowest BCUT2D eigenvalue weighted by Crippen LogP contribution is -2.24. The lowest BCUT2D eigenvalue weighted by molar-refractivity contribution is 0.138. The number of hydrogen-bond acceptors (Lipinski definition) is 4. The van der Waals surface area contributed by atoms with Gasteiger partial charge in [-0.1, -0.05) is 12.1 Å². The molecule has 0 saturated carbocycles. The highest BCUT2D eigenvalue weighted by Crippen LogP contribution is 2.35. The normalized spacial score (nSPS) is 15.8. The summed E-state index contributed by atoms with van der Waals surface area (Å²) in [5.41, 5.74) is 3.43. The van der Waals surface area contributed by atoms with E-state index in [9.17, 15) is 0 Å². The lowest BCUT2D eigenvalue weighted by Gasteiger charge is -2.16. The van der Waals surface area contributed by atoms with Gasteiger partial charge in [0.15, 0.2) is 0 Å². The van der Waals surface area contributed by atoms with Gasteiger partial charge in [0.25, 0.3) is 0 Å². The number of fused-ring (bicyclic) bond motifs is 1. The van der Waals surface area contributed by atoms with Crippen molar-refractivity contribution in [3.05, 3.63) is 46.7 Å². The maximum Gasteiger partial charge on any atom is 0.208 e.